The quantitative estimate of drug-likeness (QED) is 0.865. The van der Waals surface area contributed by atoms with Gasteiger partial charge < -0.3 is 5.32 Å². The lowest BCUT2D eigenvalue weighted by Crippen LogP contribution is -2.38. The largest absolute Gasteiger partial charge is 0.315 e. The summed E-state index contributed by atoms with van der Waals surface area (Å²) in [5.74, 6) is 0. The number of nitrogens with zero attached hydrogens (tertiary/aromatic N) is 2. The van der Waals surface area contributed by atoms with Crippen LogP contribution < -0.4 is 5.32 Å². The van der Waals surface area contributed by atoms with Gasteiger partial charge in [-0.05, 0) is 31.2 Å². The van der Waals surface area contributed by atoms with Gasteiger partial charge in [-0.3, -0.25) is 0 Å². The van der Waals surface area contributed by atoms with Crippen molar-refractivity contribution < 1.29 is 8.42 Å². The molecule has 0 amide bonds. The Kier molecular flexibility index (Phi) is 3.66. The summed E-state index contributed by atoms with van der Waals surface area (Å²) in [6.45, 7) is 1.51. The first kappa shape index (κ1) is 13.0. The van der Waals surface area contributed by atoms with Crippen molar-refractivity contribution in [2.75, 3.05) is 20.1 Å². The van der Waals surface area contributed by atoms with Gasteiger partial charge in [0.05, 0.1) is 16.5 Å². The normalized spacial score (nSPS) is 19.9. The minimum atomic E-state index is -3.51. The third-order valence-corrected chi connectivity index (χ3v) is 5.09. The Hall–Kier alpha value is -1.42. The molecule has 18 heavy (non-hydrogen) atoms. The van der Waals surface area contributed by atoms with Gasteiger partial charge >= 0.3 is 0 Å². The van der Waals surface area contributed by atoms with Crippen LogP contribution in [0.2, 0.25) is 0 Å². The van der Waals surface area contributed by atoms with E-state index in [1.165, 1.54) is 16.4 Å². The fourth-order valence-corrected chi connectivity index (χ4v) is 3.47. The van der Waals surface area contributed by atoms with Gasteiger partial charge in [-0.2, -0.15) is 9.57 Å². The Bertz CT molecular complexity index is 571. The first-order valence-electron chi connectivity index (χ1n) is 5.74. The molecule has 1 aliphatic rings. The van der Waals surface area contributed by atoms with Crippen molar-refractivity contribution in [3.05, 3.63) is 29.8 Å². The molecule has 0 spiro atoms. The zero-order valence-electron chi connectivity index (χ0n) is 10.1. The number of nitrogens with one attached hydrogen (secondary N) is 1. The summed E-state index contributed by atoms with van der Waals surface area (Å²) < 4.78 is 26.1. The van der Waals surface area contributed by atoms with E-state index in [1.54, 1.807) is 19.2 Å². The molecule has 6 heteroatoms. The van der Waals surface area contributed by atoms with Gasteiger partial charge in [0.25, 0.3) is 0 Å². The molecule has 1 atom stereocenters. The molecule has 1 heterocycles. The summed E-state index contributed by atoms with van der Waals surface area (Å²) in [6, 6.07) is 8.06. The lowest BCUT2D eigenvalue weighted by atomic mass is 10.2. The van der Waals surface area contributed by atoms with Crippen molar-refractivity contribution in [3.8, 4) is 6.07 Å². The number of nitriles is 1. The lowest BCUT2D eigenvalue weighted by Gasteiger charge is -2.23. The topological polar surface area (TPSA) is 73.2 Å². The number of rotatable bonds is 3. The third kappa shape index (κ3) is 2.38. The average molecular weight is 265 g/mol. The smallest absolute Gasteiger partial charge is 0.243 e. The van der Waals surface area contributed by atoms with E-state index >= 15 is 0 Å². The van der Waals surface area contributed by atoms with Crippen LogP contribution in [0, 0.1) is 11.3 Å². The first-order valence-corrected chi connectivity index (χ1v) is 7.18. The maximum atomic E-state index is 12.4. The molecule has 0 saturated carbocycles. The van der Waals surface area contributed by atoms with Crippen LogP contribution in [-0.2, 0) is 10.0 Å². The van der Waals surface area contributed by atoms with E-state index in [1.807, 2.05) is 6.07 Å². The molecule has 96 valence electrons. The van der Waals surface area contributed by atoms with E-state index in [-0.39, 0.29) is 10.9 Å². The highest BCUT2D eigenvalue weighted by molar-refractivity contribution is 7.89. The number of sulfonamides is 1. The molecule has 0 bridgehead atoms. The molecule has 2 rings (SSSR count). The second kappa shape index (κ2) is 5.06. The number of benzene rings is 1. The van der Waals surface area contributed by atoms with Crippen LogP contribution in [-0.4, -0.2) is 38.9 Å². The van der Waals surface area contributed by atoms with Crippen molar-refractivity contribution in [1.29, 1.82) is 5.26 Å². The third-order valence-electron chi connectivity index (χ3n) is 3.19. The van der Waals surface area contributed by atoms with Crippen molar-refractivity contribution in [3.63, 3.8) is 0 Å². The standard InChI is InChI=1S/C12H15N3O2S/c1-15(11-5-6-14-9-11)18(16,17)12-4-2-3-10(7-12)8-13/h2-4,7,11,14H,5-6,9H2,1H3. The lowest BCUT2D eigenvalue weighted by molar-refractivity contribution is 0.388. The van der Waals surface area contributed by atoms with Crippen LogP contribution >= 0.6 is 0 Å². The van der Waals surface area contributed by atoms with E-state index in [2.05, 4.69) is 5.32 Å². The molecule has 1 aromatic carbocycles. The summed E-state index contributed by atoms with van der Waals surface area (Å²) in [5, 5.41) is 12.0. The molecule has 5 nitrogen and oxygen atoms in total. The van der Waals surface area contributed by atoms with Crippen molar-refractivity contribution >= 4 is 10.0 Å². The van der Waals surface area contributed by atoms with Gasteiger partial charge in [0, 0.05) is 19.6 Å². The number of hydrogen-bond acceptors (Lipinski definition) is 4. The molecule has 1 aliphatic heterocycles. The molecular weight excluding hydrogens is 250 g/mol. The first-order chi connectivity index (χ1) is 8.55. The van der Waals surface area contributed by atoms with Gasteiger partial charge in [-0.15, -0.1) is 0 Å². The van der Waals surface area contributed by atoms with Crippen molar-refractivity contribution in [1.82, 2.24) is 9.62 Å². The van der Waals surface area contributed by atoms with Crippen LogP contribution in [0.5, 0.6) is 0 Å². The Morgan fingerprint density at radius 3 is 2.89 bits per heavy atom. The van der Waals surface area contributed by atoms with E-state index in [0.717, 1.165) is 13.0 Å². The monoisotopic (exact) mass is 265 g/mol. The fourth-order valence-electron chi connectivity index (χ4n) is 2.04. The Morgan fingerprint density at radius 1 is 1.50 bits per heavy atom. The Labute approximate surface area is 107 Å². The zero-order chi connectivity index (χ0) is 13.2. The Balaban J connectivity index is 2.32. The number of likely N-dealkylation sites (N-methyl/N-ethyl adjacent to an activating group) is 1. The molecule has 1 saturated heterocycles. The van der Waals surface area contributed by atoms with Crippen LogP contribution in [0.15, 0.2) is 29.2 Å². The highest BCUT2D eigenvalue weighted by Gasteiger charge is 2.29. The molecule has 0 aromatic heterocycles. The second-order valence-corrected chi connectivity index (χ2v) is 6.31. The minimum Gasteiger partial charge on any atom is -0.315 e. The van der Waals surface area contributed by atoms with Crippen LogP contribution in [0.4, 0.5) is 0 Å². The maximum absolute atomic E-state index is 12.4. The van der Waals surface area contributed by atoms with E-state index in [4.69, 9.17) is 5.26 Å². The predicted molar refractivity (Wildman–Crippen MR) is 67.4 cm³/mol. The number of hydrogen-bond donors (Lipinski definition) is 1. The highest BCUT2D eigenvalue weighted by atomic mass is 32.2. The second-order valence-electron chi connectivity index (χ2n) is 4.31. The van der Waals surface area contributed by atoms with Gasteiger partial charge in [-0.1, -0.05) is 6.07 Å². The molecular formula is C12H15N3O2S. The Morgan fingerprint density at radius 2 is 2.28 bits per heavy atom. The minimum absolute atomic E-state index is 0.0132. The van der Waals surface area contributed by atoms with Gasteiger partial charge in [-0.25, -0.2) is 8.42 Å². The molecule has 0 aliphatic carbocycles. The van der Waals surface area contributed by atoms with Gasteiger partial charge in [0.1, 0.15) is 0 Å². The van der Waals surface area contributed by atoms with Gasteiger partial charge in [0.2, 0.25) is 10.0 Å². The summed E-state index contributed by atoms with van der Waals surface area (Å²) in [6.07, 6.45) is 0.813. The van der Waals surface area contributed by atoms with E-state index in [0.29, 0.717) is 12.1 Å². The average Bonchev–Trinajstić information content (AvgIpc) is 2.91. The summed E-state index contributed by atoms with van der Waals surface area (Å²) in [5.41, 5.74) is 0.356. The summed E-state index contributed by atoms with van der Waals surface area (Å²) in [4.78, 5) is 0.177. The van der Waals surface area contributed by atoms with Crippen LogP contribution in [0.1, 0.15) is 12.0 Å². The maximum Gasteiger partial charge on any atom is 0.243 e. The van der Waals surface area contributed by atoms with E-state index in [9.17, 15) is 8.42 Å². The molecule has 0 radical (unpaired) electrons. The molecule has 1 aromatic rings. The van der Waals surface area contributed by atoms with Gasteiger partial charge in [0.15, 0.2) is 0 Å². The fraction of sp³-hybridized carbons (Fsp3) is 0.417. The van der Waals surface area contributed by atoms with Crippen LogP contribution in [0.25, 0.3) is 0 Å². The molecule has 1 fully saturated rings. The van der Waals surface area contributed by atoms with E-state index < -0.39 is 10.0 Å². The molecule has 1 unspecified atom stereocenters. The summed E-state index contributed by atoms with van der Waals surface area (Å²) >= 11 is 0. The molecule has 1 N–H and O–H groups in total. The zero-order valence-corrected chi connectivity index (χ0v) is 10.9. The summed E-state index contributed by atoms with van der Waals surface area (Å²) in [7, 11) is -1.92. The van der Waals surface area contributed by atoms with Crippen molar-refractivity contribution in [2.45, 2.75) is 17.4 Å². The van der Waals surface area contributed by atoms with Crippen LogP contribution in [0.3, 0.4) is 0 Å². The predicted octanol–water partition coefficient (Wildman–Crippen LogP) is 0.541. The SMILES string of the molecule is CN(C1CCNC1)S(=O)(=O)c1cccc(C#N)c1. The highest BCUT2D eigenvalue weighted by Crippen LogP contribution is 2.19. The van der Waals surface area contributed by atoms with Crippen molar-refractivity contribution in [2.24, 2.45) is 0 Å².